The lowest BCUT2D eigenvalue weighted by atomic mass is 10.0. The summed E-state index contributed by atoms with van der Waals surface area (Å²) in [6.07, 6.45) is -4.85. The summed E-state index contributed by atoms with van der Waals surface area (Å²) >= 11 is 0. The molecule has 0 unspecified atom stereocenters. The minimum absolute atomic E-state index is 0.128. The maximum atomic E-state index is 12.1. The van der Waals surface area contributed by atoms with E-state index in [1.54, 1.807) is 18.2 Å². The van der Waals surface area contributed by atoms with Crippen LogP contribution in [-0.2, 0) is 11.2 Å². The Kier molecular flexibility index (Phi) is 3.33. The molecule has 19 heavy (non-hydrogen) atoms. The van der Waals surface area contributed by atoms with Crippen LogP contribution in [0, 0.1) is 0 Å². The molecule has 0 heterocycles. The van der Waals surface area contributed by atoms with E-state index >= 15 is 0 Å². The molecule has 6 heteroatoms. The van der Waals surface area contributed by atoms with Crippen molar-refractivity contribution in [2.75, 3.05) is 0 Å². The molecule has 0 fully saturated rings. The van der Waals surface area contributed by atoms with Crippen LogP contribution in [-0.4, -0.2) is 17.4 Å². The van der Waals surface area contributed by atoms with Crippen LogP contribution in [0.1, 0.15) is 5.56 Å². The maximum absolute atomic E-state index is 12.1. The normalized spacial score (nSPS) is 11.5. The highest BCUT2D eigenvalue weighted by atomic mass is 19.4. The Morgan fingerprint density at radius 2 is 1.74 bits per heavy atom. The van der Waals surface area contributed by atoms with E-state index in [9.17, 15) is 18.0 Å². The van der Waals surface area contributed by atoms with Crippen LogP contribution in [0.2, 0.25) is 0 Å². The molecule has 0 aliphatic carbocycles. The third-order valence-electron chi connectivity index (χ3n) is 2.47. The fourth-order valence-corrected chi connectivity index (χ4v) is 1.75. The molecule has 2 aromatic rings. The molecule has 0 spiro atoms. The predicted molar refractivity (Wildman–Crippen MR) is 62.0 cm³/mol. The van der Waals surface area contributed by atoms with Crippen molar-refractivity contribution < 1.29 is 27.8 Å². The summed E-state index contributed by atoms with van der Waals surface area (Å²) in [5, 5.41) is 9.88. The van der Waals surface area contributed by atoms with Crippen molar-refractivity contribution in [1.82, 2.24) is 0 Å². The van der Waals surface area contributed by atoms with Gasteiger partial charge in [0.05, 0.1) is 6.42 Å². The number of carboxylic acid groups (broad SMARTS) is 1. The van der Waals surface area contributed by atoms with Crippen molar-refractivity contribution >= 4 is 16.7 Å². The van der Waals surface area contributed by atoms with E-state index < -0.39 is 12.3 Å². The zero-order chi connectivity index (χ0) is 14.0. The van der Waals surface area contributed by atoms with Gasteiger partial charge in [0.15, 0.2) is 0 Å². The molecule has 0 amide bonds. The van der Waals surface area contributed by atoms with Crippen LogP contribution in [0.15, 0.2) is 36.4 Å². The van der Waals surface area contributed by atoms with Gasteiger partial charge in [-0.1, -0.05) is 24.3 Å². The number of alkyl halides is 3. The van der Waals surface area contributed by atoms with Gasteiger partial charge in [-0.15, -0.1) is 13.2 Å². The third-order valence-corrected chi connectivity index (χ3v) is 2.47. The minimum atomic E-state index is -4.73. The zero-order valence-corrected chi connectivity index (χ0v) is 9.57. The number of rotatable bonds is 3. The van der Waals surface area contributed by atoms with Crippen molar-refractivity contribution in [2.45, 2.75) is 12.8 Å². The van der Waals surface area contributed by atoms with Gasteiger partial charge in [0.1, 0.15) is 5.75 Å². The van der Waals surface area contributed by atoms with Gasteiger partial charge in [-0.3, -0.25) is 4.79 Å². The summed E-state index contributed by atoms with van der Waals surface area (Å²) in [5.74, 6) is -1.26. The summed E-state index contributed by atoms with van der Waals surface area (Å²) in [4.78, 5) is 10.6. The molecular formula is C13H9F3O3. The lowest BCUT2D eigenvalue weighted by Crippen LogP contribution is -2.16. The number of benzene rings is 2. The monoisotopic (exact) mass is 270 g/mol. The highest BCUT2D eigenvalue weighted by Gasteiger charge is 2.31. The first-order chi connectivity index (χ1) is 8.83. The second kappa shape index (κ2) is 4.79. The maximum Gasteiger partial charge on any atom is 0.573 e. The predicted octanol–water partition coefficient (Wildman–Crippen LogP) is 3.37. The number of hydrogen-bond donors (Lipinski definition) is 1. The van der Waals surface area contributed by atoms with Crippen molar-refractivity contribution in [3.63, 3.8) is 0 Å². The summed E-state index contributed by atoms with van der Waals surface area (Å²) < 4.78 is 40.0. The number of fused-ring (bicyclic) bond motifs is 1. The van der Waals surface area contributed by atoms with E-state index in [0.29, 0.717) is 16.3 Å². The van der Waals surface area contributed by atoms with E-state index in [0.717, 1.165) is 0 Å². The Morgan fingerprint density at radius 1 is 1.11 bits per heavy atom. The van der Waals surface area contributed by atoms with Gasteiger partial charge < -0.3 is 9.84 Å². The third kappa shape index (κ3) is 3.61. The van der Waals surface area contributed by atoms with Gasteiger partial charge in [-0.2, -0.15) is 0 Å². The zero-order valence-electron chi connectivity index (χ0n) is 9.57. The first-order valence-electron chi connectivity index (χ1n) is 5.34. The van der Waals surface area contributed by atoms with Gasteiger partial charge in [0.25, 0.3) is 0 Å². The number of hydrogen-bond acceptors (Lipinski definition) is 2. The Hall–Kier alpha value is -2.24. The van der Waals surface area contributed by atoms with Gasteiger partial charge in [0.2, 0.25) is 0 Å². The van der Waals surface area contributed by atoms with Gasteiger partial charge in [-0.25, -0.2) is 0 Å². The smallest absolute Gasteiger partial charge is 0.481 e. The van der Waals surface area contributed by atoms with Crippen LogP contribution in [0.4, 0.5) is 13.2 Å². The molecule has 0 atom stereocenters. The quantitative estimate of drug-likeness (QED) is 0.930. The highest BCUT2D eigenvalue weighted by Crippen LogP contribution is 2.27. The molecule has 100 valence electrons. The standard InChI is InChI=1S/C13H9F3O3/c14-13(15,16)19-11-4-3-9-5-8(6-12(17)18)1-2-10(9)7-11/h1-5,7H,6H2,(H,17,18). The van der Waals surface area contributed by atoms with E-state index in [4.69, 9.17) is 5.11 Å². The van der Waals surface area contributed by atoms with Crippen molar-refractivity contribution in [3.05, 3.63) is 42.0 Å². The van der Waals surface area contributed by atoms with E-state index in [2.05, 4.69) is 4.74 Å². The second-order valence-electron chi connectivity index (χ2n) is 3.96. The Labute approximate surface area is 106 Å². The molecule has 2 rings (SSSR count). The van der Waals surface area contributed by atoms with Crippen molar-refractivity contribution in [3.8, 4) is 5.75 Å². The Morgan fingerprint density at radius 3 is 2.37 bits per heavy atom. The molecule has 1 N–H and O–H groups in total. The van der Waals surface area contributed by atoms with Crippen LogP contribution in [0.3, 0.4) is 0 Å². The van der Waals surface area contributed by atoms with E-state index in [-0.39, 0.29) is 12.2 Å². The number of ether oxygens (including phenoxy) is 1. The fraction of sp³-hybridized carbons (Fsp3) is 0.154. The Balaban J connectivity index is 2.32. The summed E-state index contributed by atoms with van der Waals surface area (Å²) in [7, 11) is 0. The lowest BCUT2D eigenvalue weighted by Gasteiger charge is -2.09. The summed E-state index contributed by atoms with van der Waals surface area (Å²) in [5.41, 5.74) is 0.587. The van der Waals surface area contributed by atoms with Crippen LogP contribution in [0.25, 0.3) is 10.8 Å². The first-order valence-corrected chi connectivity index (χ1v) is 5.34. The average molecular weight is 270 g/mol. The topological polar surface area (TPSA) is 46.5 Å². The minimum Gasteiger partial charge on any atom is -0.481 e. The molecular weight excluding hydrogens is 261 g/mol. The molecule has 0 bridgehead atoms. The number of carbonyl (C=O) groups is 1. The molecule has 0 saturated heterocycles. The second-order valence-corrected chi connectivity index (χ2v) is 3.96. The Bertz CT molecular complexity index is 620. The number of aliphatic carboxylic acids is 1. The number of halogens is 3. The van der Waals surface area contributed by atoms with E-state index in [1.165, 1.54) is 18.2 Å². The SMILES string of the molecule is O=C(O)Cc1ccc2cc(OC(F)(F)F)ccc2c1. The van der Waals surface area contributed by atoms with E-state index in [1.807, 2.05) is 0 Å². The van der Waals surface area contributed by atoms with Crippen LogP contribution >= 0.6 is 0 Å². The van der Waals surface area contributed by atoms with Gasteiger partial charge >= 0.3 is 12.3 Å². The molecule has 0 aromatic heterocycles. The number of carboxylic acids is 1. The van der Waals surface area contributed by atoms with Gasteiger partial charge in [-0.05, 0) is 28.5 Å². The van der Waals surface area contributed by atoms with Crippen LogP contribution < -0.4 is 4.74 Å². The van der Waals surface area contributed by atoms with Crippen molar-refractivity contribution in [2.24, 2.45) is 0 Å². The highest BCUT2D eigenvalue weighted by molar-refractivity contribution is 5.85. The molecule has 0 aliphatic rings. The van der Waals surface area contributed by atoms with Crippen LogP contribution in [0.5, 0.6) is 5.75 Å². The molecule has 0 saturated carbocycles. The largest absolute Gasteiger partial charge is 0.573 e. The summed E-state index contributed by atoms with van der Waals surface area (Å²) in [6, 6.07) is 8.67. The first kappa shape index (κ1) is 13.2. The summed E-state index contributed by atoms with van der Waals surface area (Å²) in [6.45, 7) is 0. The fourth-order valence-electron chi connectivity index (χ4n) is 1.75. The average Bonchev–Trinajstić information content (AvgIpc) is 2.26. The molecule has 0 radical (unpaired) electrons. The molecule has 0 aliphatic heterocycles. The lowest BCUT2D eigenvalue weighted by molar-refractivity contribution is -0.274. The molecule has 2 aromatic carbocycles. The van der Waals surface area contributed by atoms with Gasteiger partial charge in [0, 0.05) is 0 Å². The molecule has 3 nitrogen and oxygen atoms in total. The van der Waals surface area contributed by atoms with Crippen molar-refractivity contribution in [1.29, 1.82) is 0 Å².